The molecular formula is C22H26F2N2O3. The largest absolute Gasteiger partial charge is 0.466 e. The Morgan fingerprint density at radius 3 is 2.62 bits per heavy atom. The van der Waals surface area contributed by atoms with Gasteiger partial charge in [-0.1, -0.05) is 6.07 Å². The van der Waals surface area contributed by atoms with Crippen molar-refractivity contribution in [2.45, 2.75) is 40.2 Å². The second kappa shape index (κ2) is 8.76. The van der Waals surface area contributed by atoms with Crippen LogP contribution in [-0.2, 0) is 16.1 Å². The summed E-state index contributed by atoms with van der Waals surface area (Å²) in [6.45, 7) is 6.97. The van der Waals surface area contributed by atoms with E-state index in [-0.39, 0.29) is 24.3 Å². The van der Waals surface area contributed by atoms with E-state index in [1.165, 1.54) is 6.07 Å². The molecule has 1 aromatic carbocycles. The molecule has 0 radical (unpaired) electrons. The van der Waals surface area contributed by atoms with E-state index in [9.17, 15) is 18.4 Å². The topological polar surface area (TPSA) is 51.5 Å². The van der Waals surface area contributed by atoms with Crippen LogP contribution in [0.3, 0.4) is 0 Å². The molecule has 1 atom stereocenters. The molecule has 0 spiro atoms. The van der Waals surface area contributed by atoms with Crippen molar-refractivity contribution in [3.8, 4) is 0 Å². The molecule has 5 nitrogen and oxygen atoms in total. The fourth-order valence-electron chi connectivity index (χ4n) is 3.92. The third kappa shape index (κ3) is 4.49. The highest BCUT2D eigenvalue weighted by molar-refractivity contribution is 5.95. The SMILES string of the molecule is CCOC(=O)[C@@H]1CCCN(C(=O)c2c(C)cc(C)n2Cc2ccc(F)c(F)c2)C1. The molecule has 2 aromatic rings. The number of rotatable bonds is 5. The summed E-state index contributed by atoms with van der Waals surface area (Å²) >= 11 is 0. The lowest BCUT2D eigenvalue weighted by molar-refractivity contribution is -0.149. The van der Waals surface area contributed by atoms with Gasteiger partial charge < -0.3 is 14.2 Å². The normalized spacial score (nSPS) is 16.7. The molecule has 0 unspecified atom stereocenters. The van der Waals surface area contributed by atoms with Crippen molar-refractivity contribution >= 4 is 11.9 Å². The maximum Gasteiger partial charge on any atom is 0.310 e. The van der Waals surface area contributed by atoms with Gasteiger partial charge in [-0.2, -0.15) is 0 Å². The first-order valence-corrected chi connectivity index (χ1v) is 9.88. The maximum absolute atomic E-state index is 13.6. The lowest BCUT2D eigenvalue weighted by atomic mass is 9.97. The Morgan fingerprint density at radius 2 is 1.93 bits per heavy atom. The summed E-state index contributed by atoms with van der Waals surface area (Å²) in [5, 5.41) is 0. The number of ether oxygens (including phenoxy) is 1. The second-order valence-electron chi connectivity index (χ2n) is 7.49. The number of aromatic nitrogens is 1. The van der Waals surface area contributed by atoms with E-state index in [2.05, 4.69) is 0 Å². The van der Waals surface area contributed by atoms with Crippen LogP contribution in [0.2, 0.25) is 0 Å². The van der Waals surface area contributed by atoms with Crippen molar-refractivity contribution in [1.82, 2.24) is 9.47 Å². The molecule has 156 valence electrons. The molecule has 29 heavy (non-hydrogen) atoms. The molecule has 0 bridgehead atoms. The summed E-state index contributed by atoms with van der Waals surface area (Å²) < 4.78 is 33.8. The van der Waals surface area contributed by atoms with Crippen molar-refractivity contribution in [2.75, 3.05) is 19.7 Å². The number of hydrogen-bond acceptors (Lipinski definition) is 3. The Kier molecular flexibility index (Phi) is 6.35. The summed E-state index contributed by atoms with van der Waals surface area (Å²) in [7, 11) is 0. The van der Waals surface area contributed by atoms with E-state index < -0.39 is 11.6 Å². The molecule has 1 fully saturated rings. The van der Waals surface area contributed by atoms with Gasteiger partial charge >= 0.3 is 5.97 Å². The van der Waals surface area contributed by atoms with Crippen molar-refractivity contribution in [3.63, 3.8) is 0 Å². The number of piperidine rings is 1. The molecular weight excluding hydrogens is 378 g/mol. The number of hydrogen-bond donors (Lipinski definition) is 0. The zero-order valence-electron chi connectivity index (χ0n) is 17.0. The van der Waals surface area contributed by atoms with Gasteiger partial charge in [-0.05, 0) is 62.9 Å². The standard InChI is InChI=1S/C22H26F2N2O3/c1-4-29-22(28)17-6-5-9-25(13-17)21(27)20-14(2)10-15(3)26(20)12-16-7-8-18(23)19(24)11-16/h7-8,10-11,17H,4-6,9,12-13H2,1-3H3/t17-/m1/s1. The zero-order valence-corrected chi connectivity index (χ0v) is 17.0. The number of amides is 1. The highest BCUT2D eigenvalue weighted by atomic mass is 19.2. The zero-order chi connectivity index (χ0) is 21.1. The van der Waals surface area contributed by atoms with Gasteiger partial charge in [0.15, 0.2) is 11.6 Å². The van der Waals surface area contributed by atoms with Crippen LogP contribution in [0, 0.1) is 31.4 Å². The van der Waals surface area contributed by atoms with Crippen LogP contribution >= 0.6 is 0 Å². The van der Waals surface area contributed by atoms with Crippen molar-refractivity contribution in [1.29, 1.82) is 0 Å². The van der Waals surface area contributed by atoms with Crippen LogP contribution in [-0.4, -0.2) is 41.0 Å². The first-order chi connectivity index (χ1) is 13.8. The van der Waals surface area contributed by atoms with E-state index in [0.717, 1.165) is 29.8 Å². The number of carbonyl (C=O) groups excluding carboxylic acids is 2. The van der Waals surface area contributed by atoms with Crippen LogP contribution in [0.1, 0.15) is 47.1 Å². The van der Waals surface area contributed by atoms with Gasteiger partial charge in [-0.25, -0.2) is 8.78 Å². The minimum Gasteiger partial charge on any atom is -0.466 e. The van der Waals surface area contributed by atoms with Gasteiger partial charge in [-0.3, -0.25) is 9.59 Å². The highest BCUT2D eigenvalue weighted by Gasteiger charge is 2.31. The fraction of sp³-hybridized carbons (Fsp3) is 0.455. The summed E-state index contributed by atoms with van der Waals surface area (Å²) in [4.78, 5) is 27.1. The molecule has 7 heteroatoms. The fourth-order valence-corrected chi connectivity index (χ4v) is 3.92. The summed E-state index contributed by atoms with van der Waals surface area (Å²) in [5.74, 6) is -2.56. The van der Waals surface area contributed by atoms with Gasteiger partial charge in [0.05, 0.1) is 12.5 Å². The minimum absolute atomic E-state index is 0.160. The molecule has 1 amide bonds. The molecule has 3 rings (SSSR count). The Hall–Kier alpha value is -2.70. The average molecular weight is 404 g/mol. The summed E-state index contributed by atoms with van der Waals surface area (Å²) in [5.41, 5.74) is 2.75. The van der Waals surface area contributed by atoms with E-state index in [0.29, 0.717) is 37.4 Å². The number of aryl methyl sites for hydroxylation is 2. The molecule has 2 heterocycles. The van der Waals surface area contributed by atoms with E-state index in [1.807, 2.05) is 24.5 Å². The Morgan fingerprint density at radius 1 is 1.17 bits per heavy atom. The van der Waals surface area contributed by atoms with Crippen LogP contribution < -0.4 is 0 Å². The molecule has 1 aliphatic rings. The molecule has 1 aliphatic heterocycles. The van der Waals surface area contributed by atoms with Crippen molar-refractivity contribution in [2.24, 2.45) is 5.92 Å². The summed E-state index contributed by atoms with van der Waals surface area (Å²) in [6, 6.07) is 5.65. The Balaban J connectivity index is 1.85. The lowest BCUT2D eigenvalue weighted by Crippen LogP contribution is -2.43. The predicted octanol–water partition coefficient (Wildman–Crippen LogP) is 3.85. The van der Waals surface area contributed by atoms with Crippen LogP contribution in [0.4, 0.5) is 8.78 Å². The number of esters is 1. The highest BCUT2D eigenvalue weighted by Crippen LogP contribution is 2.24. The molecule has 1 saturated heterocycles. The van der Waals surface area contributed by atoms with Crippen LogP contribution in [0.25, 0.3) is 0 Å². The molecule has 0 N–H and O–H groups in total. The number of nitrogens with zero attached hydrogens (tertiary/aromatic N) is 2. The quantitative estimate of drug-likeness (QED) is 0.712. The number of likely N-dealkylation sites (tertiary alicyclic amines) is 1. The van der Waals surface area contributed by atoms with Crippen LogP contribution in [0.15, 0.2) is 24.3 Å². The molecule has 0 aliphatic carbocycles. The second-order valence-corrected chi connectivity index (χ2v) is 7.49. The first kappa shape index (κ1) is 21.0. The first-order valence-electron chi connectivity index (χ1n) is 9.88. The smallest absolute Gasteiger partial charge is 0.310 e. The van der Waals surface area contributed by atoms with E-state index in [4.69, 9.17) is 4.74 Å². The third-order valence-electron chi connectivity index (χ3n) is 5.35. The van der Waals surface area contributed by atoms with E-state index in [1.54, 1.807) is 11.8 Å². The monoisotopic (exact) mass is 404 g/mol. The van der Waals surface area contributed by atoms with Gasteiger partial charge in [0.2, 0.25) is 0 Å². The minimum atomic E-state index is -0.912. The van der Waals surface area contributed by atoms with Gasteiger partial charge in [0, 0.05) is 25.3 Å². The van der Waals surface area contributed by atoms with Crippen LogP contribution in [0.5, 0.6) is 0 Å². The van der Waals surface area contributed by atoms with Gasteiger partial charge in [0.1, 0.15) is 5.69 Å². The van der Waals surface area contributed by atoms with Crippen molar-refractivity contribution < 1.29 is 23.1 Å². The van der Waals surface area contributed by atoms with Gasteiger partial charge in [0.25, 0.3) is 5.91 Å². The number of benzene rings is 1. The average Bonchev–Trinajstić information content (AvgIpc) is 2.97. The molecule has 0 saturated carbocycles. The van der Waals surface area contributed by atoms with E-state index >= 15 is 0 Å². The number of carbonyl (C=O) groups is 2. The maximum atomic E-state index is 13.6. The lowest BCUT2D eigenvalue weighted by Gasteiger charge is -2.32. The Bertz CT molecular complexity index is 923. The predicted molar refractivity (Wildman–Crippen MR) is 105 cm³/mol. The van der Waals surface area contributed by atoms with Gasteiger partial charge in [-0.15, -0.1) is 0 Å². The molecule has 1 aromatic heterocycles. The Labute approximate surface area is 169 Å². The number of halogens is 2. The van der Waals surface area contributed by atoms with Crippen molar-refractivity contribution in [3.05, 3.63) is 58.4 Å². The third-order valence-corrected chi connectivity index (χ3v) is 5.35. The summed E-state index contributed by atoms with van der Waals surface area (Å²) in [6.07, 6.45) is 1.44.